The van der Waals surface area contributed by atoms with Gasteiger partial charge in [0.2, 0.25) is 11.9 Å². The fraction of sp³-hybridized carbons (Fsp3) is 0.516. The summed E-state index contributed by atoms with van der Waals surface area (Å²) < 4.78 is 8.96. The maximum absolute atomic E-state index is 13.0. The lowest BCUT2D eigenvalue weighted by atomic mass is 10.1. The van der Waals surface area contributed by atoms with Crippen LogP contribution in [0, 0.1) is 0 Å². The fourth-order valence-corrected chi connectivity index (χ4v) is 5.72. The molecular weight excluding hydrogens is 574 g/mol. The van der Waals surface area contributed by atoms with E-state index in [-0.39, 0.29) is 18.0 Å². The first kappa shape index (κ1) is 30.4. The highest BCUT2D eigenvalue weighted by atomic mass is 16.6. The van der Waals surface area contributed by atoms with Gasteiger partial charge in [-0.1, -0.05) is 17.3 Å². The molecule has 14 nitrogen and oxygen atoms in total. The predicted octanol–water partition coefficient (Wildman–Crippen LogP) is 2.96. The summed E-state index contributed by atoms with van der Waals surface area (Å²) in [5.74, 6) is 0.655. The molecule has 238 valence electrons. The molecule has 3 aromatic heterocycles. The van der Waals surface area contributed by atoms with E-state index in [2.05, 4.69) is 30.6 Å². The van der Waals surface area contributed by atoms with Crippen LogP contribution in [-0.2, 0) is 16.6 Å². The number of fused-ring (bicyclic) bond motifs is 1. The number of hydrogen-bond acceptors (Lipinski definition) is 10. The summed E-state index contributed by atoms with van der Waals surface area (Å²) in [6, 6.07) is 8.08. The number of anilines is 1. The molecule has 45 heavy (non-hydrogen) atoms. The van der Waals surface area contributed by atoms with Gasteiger partial charge in [-0.05, 0) is 57.9 Å². The first-order chi connectivity index (χ1) is 21.6. The first-order valence-electron chi connectivity index (χ1n) is 15.5. The second-order valence-corrected chi connectivity index (χ2v) is 12.7. The third-order valence-corrected chi connectivity index (χ3v) is 8.11. The SMILES string of the molecule is Cn1cc(-c2ccc(-n3nnc4cnc(NC5CCN(C(=O)CCCN6CCN(C(=O)OC(C)(C)C)CC6)C5)nc43)cc2)cn1. The number of nitrogens with one attached hydrogen (secondary N) is 1. The van der Waals surface area contributed by atoms with Gasteiger partial charge in [-0.2, -0.15) is 14.8 Å². The number of piperazine rings is 1. The number of benzene rings is 1. The molecule has 2 fully saturated rings. The molecule has 2 aliphatic heterocycles. The van der Waals surface area contributed by atoms with Gasteiger partial charge < -0.3 is 19.9 Å². The Morgan fingerprint density at radius 2 is 1.78 bits per heavy atom. The van der Waals surface area contributed by atoms with E-state index in [1.165, 1.54) is 0 Å². The molecule has 0 saturated carbocycles. The maximum Gasteiger partial charge on any atom is 0.410 e. The van der Waals surface area contributed by atoms with Crippen molar-refractivity contribution in [1.82, 2.24) is 49.4 Å². The number of nitrogens with zero attached hydrogens (tertiary/aromatic N) is 10. The molecule has 0 spiro atoms. The van der Waals surface area contributed by atoms with Crippen LogP contribution in [0.1, 0.15) is 40.0 Å². The molecule has 0 bridgehead atoms. The Labute approximate surface area is 262 Å². The third kappa shape index (κ3) is 7.39. The van der Waals surface area contributed by atoms with Gasteiger partial charge in [0.15, 0.2) is 11.2 Å². The van der Waals surface area contributed by atoms with Gasteiger partial charge in [0, 0.05) is 70.5 Å². The van der Waals surface area contributed by atoms with Crippen molar-refractivity contribution >= 4 is 29.1 Å². The van der Waals surface area contributed by atoms with E-state index < -0.39 is 5.60 Å². The molecule has 4 aromatic rings. The van der Waals surface area contributed by atoms with E-state index in [4.69, 9.17) is 9.72 Å². The van der Waals surface area contributed by atoms with E-state index in [9.17, 15) is 9.59 Å². The van der Waals surface area contributed by atoms with E-state index in [0.717, 1.165) is 49.3 Å². The van der Waals surface area contributed by atoms with Crippen molar-refractivity contribution in [3.8, 4) is 16.8 Å². The maximum atomic E-state index is 13.0. The Hall–Kier alpha value is -4.59. The summed E-state index contributed by atoms with van der Waals surface area (Å²) in [4.78, 5) is 40.4. The molecule has 1 N–H and O–H groups in total. The Kier molecular flexibility index (Phi) is 8.65. The van der Waals surface area contributed by atoms with Crippen LogP contribution in [0.5, 0.6) is 0 Å². The molecule has 0 radical (unpaired) electrons. The van der Waals surface area contributed by atoms with Gasteiger partial charge in [0.25, 0.3) is 0 Å². The number of hydrogen-bond donors (Lipinski definition) is 1. The van der Waals surface area contributed by atoms with Gasteiger partial charge in [-0.3, -0.25) is 14.4 Å². The number of carbonyl (C=O) groups excluding carboxylic acids is 2. The Morgan fingerprint density at radius 1 is 1.00 bits per heavy atom. The molecule has 1 atom stereocenters. The minimum absolute atomic E-state index is 0.0652. The number of ether oxygens (including phenoxy) is 1. The summed E-state index contributed by atoms with van der Waals surface area (Å²) in [6.45, 7) is 10.7. The highest BCUT2D eigenvalue weighted by Gasteiger charge is 2.28. The van der Waals surface area contributed by atoms with Crippen molar-refractivity contribution in [2.45, 2.75) is 51.7 Å². The smallest absolute Gasteiger partial charge is 0.410 e. The van der Waals surface area contributed by atoms with Gasteiger partial charge in [0.05, 0.1) is 18.1 Å². The Bertz CT molecular complexity index is 1630. The van der Waals surface area contributed by atoms with E-state index in [0.29, 0.717) is 49.7 Å². The first-order valence-corrected chi connectivity index (χ1v) is 15.5. The van der Waals surface area contributed by atoms with Crippen molar-refractivity contribution in [3.63, 3.8) is 0 Å². The predicted molar refractivity (Wildman–Crippen MR) is 169 cm³/mol. The zero-order chi connectivity index (χ0) is 31.6. The quantitative estimate of drug-likeness (QED) is 0.315. The summed E-state index contributed by atoms with van der Waals surface area (Å²) in [5, 5.41) is 16.2. The lowest BCUT2D eigenvalue weighted by Gasteiger charge is -2.35. The zero-order valence-electron chi connectivity index (χ0n) is 26.4. The lowest BCUT2D eigenvalue weighted by molar-refractivity contribution is -0.130. The monoisotopic (exact) mass is 615 g/mol. The molecule has 1 aromatic carbocycles. The fourth-order valence-electron chi connectivity index (χ4n) is 5.72. The van der Waals surface area contributed by atoms with E-state index in [1.807, 2.05) is 69.4 Å². The molecule has 1 unspecified atom stereocenters. The van der Waals surface area contributed by atoms with Crippen molar-refractivity contribution in [2.75, 3.05) is 51.1 Å². The lowest BCUT2D eigenvalue weighted by Crippen LogP contribution is -2.50. The normalized spacial score (nSPS) is 17.6. The Morgan fingerprint density at radius 3 is 2.49 bits per heavy atom. The molecule has 14 heteroatoms. The van der Waals surface area contributed by atoms with Gasteiger partial charge in [-0.15, -0.1) is 5.10 Å². The average molecular weight is 616 g/mol. The van der Waals surface area contributed by atoms with Crippen LogP contribution in [0.2, 0.25) is 0 Å². The van der Waals surface area contributed by atoms with Gasteiger partial charge in [0.1, 0.15) is 5.60 Å². The van der Waals surface area contributed by atoms with Crippen LogP contribution in [0.15, 0.2) is 42.9 Å². The minimum Gasteiger partial charge on any atom is -0.444 e. The molecule has 2 amide bonds. The molecule has 0 aliphatic carbocycles. The van der Waals surface area contributed by atoms with Crippen molar-refractivity contribution < 1.29 is 14.3 Å². The topological polar surface area (TPSA) is 139 Å². The number of aryl methyl sites for hydroxylation is 1. The van der Waals surface area contributed by atoms with Gasteiger partial charge in [-0.25, -0.2) is 9.78 Å². The summed E-state index contributed by atoms with van der Waals surface area (Å²) in [7, 11) is 1.90. The summed E-state index contributed by atoms with van der Waals surface area (Å²) >= 11 is 0. The molecule has 5 heterocycles. The van der Waals surface area contributed by atoms with Crippen molar-refractivity contribution in [3.05, 3.63) is 42.9 Å². The number of amides is 2. The summed E-state index contributed by atoms with van der Waals surface area (Å²) in [6.07, 6.45) is 7.35. The highest BCUT2D eigenvalue weighted by Crippen LogP contribution is 2.23. The van der Waals surface area contributed by atoms with Crippen LogP contribution in [0.4, 0.5) is 10.7 Å². The van der Waals surface area contributed by atoms with E-state index in [1.54, 1.807) is 20.5 Å². The second-order valence-electron chi connectivity index (χ2n) is 12.7. The van der Waals surface area contributed by atoms with Crippen LogP contribution < -0.4 is 5.32 Å². The minimum atomic E-state index is -0.491. The zero-order valence-corrected chi connectivity index (χ0v) is 26.4. The van der Waals surface area contributed by atoms with Crippen molar-refractivity contribution in [2.24, 2.45) is 7.05 Å². The number of rotatable bonds is 8. The van der Waals surface area contributed by atoms with Crippen LogP contribution in [-0.4, -0.2) is 119 Å². The summed E-state index contributed by atoms with van der Waals surface area (Å²) in [5.41, 5.74) is 3.67. The van der Waals surface area contributed by atoms with Crippen molar-refractivity contribution in [1.29, 1.82) is 0 Å². The van der Waals surface area contributed by atoms with Crippen LogP contribution in [0.3, 0.4) is 0 Å². The van der Waals surface area contributed by atoms with Crippen LogP contribution >= 0.6 is 0 Å². The average Bonchev–Trinajstić information content (AvgIpc) is 3.77. The largest absolute Gasteiger partial charge is 0.444 e. The molecule has 6 rings (SSSR count). The molecule has 2 saturated heterocycles. The third-order valence-electron chi connectivity index (χ3n) is 8.11. The Balaban J connectivity index is 0.972. The van der Waals surface area contributed by atoms with Gasteiger partial charge >= 0.3 is 6.09 Å². The molecule has 2 aliphatic rings. The highest BCUT2D eigenvalue weighted by molar-refractivity contribution is 5.77. The number of carbonyl (C=O) groups is 2. The second kappa shape index (κ2) is 12.8. The van der Waals surface area contributed by atoms with E-state index >= 15 is 0 Å². The standard InChI is InChI=1S/C31H41N11O3/c1-31(2,3)45-30(44)40-16-14-39(15-17-40)12-5-6-27(43)41-13-11-24(21-41)34-29-32-19-26-28(35-29)42(37-36-26)25-9-7-22(8-10-25)23-18-33-38(4)20-23/h7-10,18-20,24H,5-6,11-17,21H2,1-4H3,(H,32,34,35). The molecular formula is C31H41N11O3. The van der Waals surface area contributed by atoms with Crippen LogP contribution in [0.25, 0.3) is 28.0 Å². The number of aromatic nitrogens is 7. The number of likely N-dealkylation sites (tertiary alicyclic amines) is 1.